The second-order valence-corrected chi connectivity index (χ2v) is 8.73. The Hall–Kier alpha value is -1.52. The van der Waals surface area contributed by atoms with Crippen LogP contribution in [-0.2, 0) is 9.59 Å². The predicted octanol–water partition coefficient (Wildman–Crippen LogP) is 5.40. The van der Waals surface area contributed by atoms with Crippen LogP contribution in [0.3, 0.4) is 0 Å². The number of carbonyl (C=O) groups excluding carboxylic acids is 2. The average molecular weight is 437 g/mol. The fourth-order valence-electron chi connectivity index (χ4n) is 4.34. The van der Waals surface area contributed by atoms with Crippen LogP contribution in [0.1, 0.15) is 69.4 Å². The summed E-state index contributed by atoms with van der Waals surface area (Å²) in [6, 6.07) is 6.68. The van der Waals surface area contributed by atoms with E-state index in [0.29, 0.717) is 11.6 Å². The maximum atomic E-state index is 13.3. The molecule has 1 atom stereocenters. The molecule has 1 aromatic rings. The summed E-state index contributed by atoms with van der Waals surface area (Å²) in [6.07, 6.45) is 11.9. The van der Waals surface area contributed by atoms with E-state index in [1.165, 1.54) is 18.4 Å². The number of hydrogen-bond acceptors (Lipinski definition) is 2. The number of benzene rings is 1. The van der Waals surface area contributed by atoms with Crippen molar-refractivity contribution in [2.24, 2.45) is 0 Å². The molecule has 0 bridgehead atoms. The van der Waals surface area contributed by atoms with E-state index in [0.717, 1.165) is 50.5 Å². The van der Waals surface area contributed by atoms with E-state index >= 15 is 0 Å². The maximum Gasteiger partial charge on any atom is 0.247 e. The molecule has 0 unspecified atom stereocenters. The monoisotopic (exact) mass is 436 g/mol. The van der Waals surface area contributed by atoms with Crippen LogP contribution in [0.15, 0.2) is 35.9 Å². The standard InChI is InChI=1S/C23H30Cl2N2O2/c24-16-21(28)27(15-14-17-6-2-1-3-7-17)22(18-10-12-19(25)13-11-18)23(29)26-20-8-4-5-9-20/h6,10-13,20,22H,1-5,7-9,14-16H2,(H,26,29)/t22-/m0/s1. The second kappa shape index (κ2) is 11.0. The average Bonchev–Trinajstić information content (AvgIpc) is 3.25. The smallest absolute Gasteiger partial charge is 0.247 e. The molecule has 4 nitrogen and oxygen atoms in total. The highest BCUT2D eigenvalue weighted by molar-refractivity contribution is 6.30. The fourth-order valence-corrected chi connectivity index (χ4v) is 4.62. The third-order valence-corrected chi connectivity index (χ3v) is 6.42. The summed E-state index contributed by atoms with van der Waals surface area (Å²) >= 11 is 12.0. The zero-order valence-electron chi connectivity index (χ0n) is 16.8. The number of rotatable bonds is 8. The minimum Gasteiger partial charge on any atom is -0.351 e. The van der Waals surface area contributed by atoms with Gasteiger partial charge in [0.1, 0.15) is 11.9 Å². The molecule has 2 aliphatic rings. The SMILES string of the molecule is O=C(NC1CCCC1)[C@H](c1ccc(Cl)cc1)N(CCC1=CCCCC1)C(=O)CCl. The van der Waals surface area contributed by atoms with Gasteiger partial charge in [-0.1, -0.05) is 48.2 Å². The first-order valence-electron chi connectivity index (χ1n) is 10.7. The molecule has 0 heterocycles. The Morgan fingerprint density at radius 1 is 1.10 bits per heavy atom. The van der Waals surface area contributed by atoms with Gasteiger partial charge in [0.2, 0.25) is 11.8 Å². The van der Waals surface area contributed by atoms with Gasteiger partial charge in [0, 0.05) is 17.6 Å². The number of nitrogens with one attached hydrogen (secondary N) is 1. The van der Waals surface area contributed by atoms with Crippen molar-refractivity contribution in [3.63, 3.8) is 0 Å². The van der Waals surface area contributed by atoms with E-state index in [4.69, 9.17) is 23.2 Å². The summed E-state index contributed by atoms with van der Waals surface area (Å²) in [5.74, 6) is -0.486. The molecule has 0 aliphatic heterocycles. The Morgan fingerprint density at radius 2 is 1.83 bits per heavy atom. The van der Waals surface area contributed by atoms with E-state index < -0.39 is 6.04 Å². The Kier molecular flexibility index (Phi) is 8.43. The summed E-state index contributed by atoms with van der Waals surface area (Å²) in [4.78, 5) is 27.7. The van der Waals surface area contributed by atoms with E-state index in [2.05, 4.69) is 11.4 Å². The number of halogens is 2. The molecular formula is C23H30Cl2N2O2. The third kappa shape index (κ3) is 6.23. The zero-order valence-corrected chi connectivity index (χ0v) is 18.4. The van der Waals surface area contributed by atoms with Crippen LogP contribution in [-0.4, -0.2) is 35.2 Å². The summed E-state index contributed by atoms with van der Waals surface area (Å²) in [5.41, 5.74) is 2.13. The Labute approximate surface area is 183 Å². The Bertz CT molecular complexity index is 727. The molecule has 158 valence electrons. The van der Waals surface area contributed by atoms with Crippen molar-refractivity contribution in [3.05, 3.63) is 46.5 Å². The van der Waals surface area contributed by atoms with Gasteiger partial charge >= 0.3 is 0 Å². The number of hydrogen-bond donors (Lipinski definition) is 1. The Morgan fingerprint density at radius 3 is 2.45 bits per heavy atom. The van der Waals surface area contributed by atoms with E-state index in [9.17, 15) is 9.59 Å². The van der Waals surface area contributed by atoms with Gasteiger partial charge in [0.05, 0.1) is 0 Å². The van der Waals surface area contributed by atoms with Crippen LogP contribution >= 0.6 is 23.2 Å². The molecule has 6 heteroatoms. The normalized spacial score (nSPS) is 18.2. The van der Waals surface area contributed by atoms with Crippen molar-refractivity contribution in [1.82, 2.24) is 10.2 Å². The molecule has 0 aromatic heterocycles. The molecule has 2 amide bonds. The first-order chi connectivity index (χ1) is 14.1. The molecule has 1 saturated carbocycles. The van der Waals surface area contributed by atoms with Crippen LogP contribution in [0.2, 0.25) is 5.02 Å². The van der Waals surface area contributed by atoms with Crippen molar-refractivity contribution in [1.29, 1.82) is 0 Å². The van der Waals surface area contributed by atoms with Gasteiger partial charge in [0.25, 0.3) is 0 Å². The lowest BCUT2D eigenvalue weighted by Crippen LogP contribution is -2.47. The Balaban J connectivity index is 1.83. The van der Waals surface area contributed by atoms with Crippen LogP contribution in [0.4, 0.5) is 0 Å². The zero-order chi connectivity index (χ0) is 20.6. The molecule has 1 fully saturated rings. The molecule has 0 saturated heterocycles. The van der Waals surface area contributed by atoms with Crippen LogP contribution in [0.25, 0.3) is 0 Å². The summed E-state index contributed by atoms with van der Waals surface area (Å²) in [6.45, 7) is 0.489. The lowest BCUT2D eigenvalue weighted by atomic mass is 9.96. The first-order valence-corrected chi connectivity index (χ1v) is 11.6. The number of carbonyl (C=O) groups is 2. The lowest BCUT2D eigenvalue weighted by Gasteiger charge is -2.32. The molecule has 1 N–H and O–H groups in total. The van der Waals surface area contributed by atoms with Crippen molar-refractivity contribution in [2.75, 3.05) is 12.4 Å². The van der Waals surface area contributed by atoms with Crippen molar-refractivity contribution in [2.45, 2.75) is 69.9 Å². The molecule has 29 heavy (non-hydrogen) atoms. The van der Waals surface area contributed by atoms with Crippen molar-refractivity contribution in [3.8, 4) is 0 Å². The third-order valence-electron chi connectivity index (χ3n) is 5.94. The highest BCUT2D eigenvalue weighted by Gasteiger charge is 2.32. The highest BCUT2D eigenvalue weighted by atomic mass is 35.5. The minimum atomic E-state index is -0.691. The number of alkyl halides is 1. The molecule has 2 aliphatic carbocycles. The summed E-state index contributed by atoms with van der Waals surface area (Å²) in [7, 11) is 0. The van der Waals surface area contributed by atoms with Crippen molar-refractivity contribution < 1.29 is 9.59 Å². The largest absolute Gasteiger partial charge is 0.351 e. The van der Waals surface area contributed by atoms with Crippen LogP contribution < -0.4 is 5.32 Å². The van der Waals surface area contributed by atoms with Gasteiger partial charge in [-0.3, -0.25) is 9.59 Å². The first kappa shape index (κ1) is 22.2. The van der Waals surface area contributed by atoms with E-state index in [1.807, 2.05) is 12.1 Å². The van der Waals surface area contributed by atoms with Gasteiger partial charge in [0.15, 0.2) is 0 Å². The highest BCUT2D eigenvalue weighted by Crippen LogP contribution is 2.28. The molecule has 1 aromatic carbocycles. The summed E-state index contributed by atoms with van der Waals surface area (Å²) < 4.78 is 0. The van der Waals surface area contributed by atoms with Crippen molar-refractivity contribution >= 4 is 35.0 Å². The second-order valence-electron chi connectivity index (χ2n) is 8.02. The molecule has 0 spiro atoms. The van der Waals surface area contributed by atoms with E-state index in [-0.39, 0.29) is 23.7 Å². The van der Waals surface area contributed by atoms with Gasteiger partial charge in [-0.15, -0.1) is 11.6 Å². The number of allylic oxidation sites excluding steroid dienone is 1. The lowest BCUT2D eigenvalue weighted by molar-refractivity contribution is -0.139. The molecular weight excluding hydrogens is 407 g/mol. The summed E-state index contributed by atoms with van der Waals surface area (Å²) in [5, 5.41) is 3.77. The van der Waals surface area contributed by atoms with Crippen LogP contribution in [0.5, 0.6) is 0 Å². The molecule has 0 radical (unpaired) electrons. The number of amides is 2. The van der Waals surface area contributed by atoms with Gasteiger partial charge in [-0.05, 0) is 62.6 Å². The quantitative estimate of drug-likeness (QED) is 0.438. The maximum absolute atomic E-state index is 13.3. The van der Waals surface area contributed by atoms with E-state index in [1.54, 1.807) is 17.0 Å². The number of nitrogens with zero attached hydrogens (tertiary/aromatic N) is 1. The minimum absolute atomic E-state index is 0.129. The fraction of sp³-hybridized carbons (Fsp3) is 0.565. The van der Waals surface area contributed by atoms with Gasteiger partial charge in [-0.25, -0.2) is 0 Å². The van der Waals surface area contributed by atoms with Gasteiger partial charge < -0.3 is 10.2 Å². The van der Waals surface area contributed by atoms with Crippen LogP contribution in [0, 0.1) is 0 Å². The topological polar surface area (TPSA) is 49.4 Å². The van der Waals surface area contributed by atoms with Gasteiger partial charge in [-0.2, -0.15) is 0 Å². The predicted molar refractivity (Wildman–Crippen MR) is 118 cm³/mol. The molecule has 3 rings (SSSR count).